The molecular formula is C15H15N5O. The number of hydrogen-bond acceptors (Lipinski definition) is 6. The lowest BCUT2D eigenvalue weighted by atomic mass is 10.2. The number of benzene rings is 1. The highest BCUT2D eigenvalue weighted by atomic mass is 16.5. The fourth-order valence-electron chi connectivity index (χ4n) is 2.08. The van der Waals surface area contributed by atoms with E-state index in [0.717, 1.165) is 16.6 Å². The van der Waals surface area contributed by atoms with E-state index in [1.165, 1.54) is 0 Å². The third kappa shape index (κ3) is 2.75. The number of nitrogens with zero attached hydrogens (tertiary/aromatic N) is 3. The van der Waals surface area contributed by atoms with E-state index in [1.54, 1.807) is 13.0 Å². The van der Waals surface area contributed by atoms with Crippen molar-refractivity contribution >= 4 is 16.7 Å². The van der Waals surface area contributed by atoms with Crippen molar-refractivity contribution in [2.45, 2.75) is 13.8 Å². The van der Waals surface area contributed by atoms with Gasteiger partial charge in [-0.15, -0.1) is 0 Å². The molecule has 0 saturated carbocycles. The number of para-hydroxylation sites is 1. The molecule has 2 heterocycles. The van der Waals surface area contributed by atoms with Crippen molar-refractivity contribution in [2.75, 3.05) is 5.43 Å². The van der Waals surface area contributed by atoms with E-state index < -0.39 is 0 Å². The summed E-state index contributed by atoms with van der Waals surface area (Å²) in [5.74, 6) is 7.53. The average Bonchev–Trinajstić information content (AvgIpc) is 2.47. The van der Waals surface area contributed by atoms with Crippen molar-refractivity contribution in [3.63, 3.8) is 0 Å². The molecule has 3 N–H and O–H groups in total. The van der Waals surface area contributed by atoms with E-state index in [2.05, 4.69) is 20.4 Å². The van der Waals surface area contributed by atoms with E-state index >= 15 is 0 Å². The Morgan fingerprint density at radius 1 is 1.05 bits per heavy atom. The number of ether oxygens (including phenoxy) is 1. The molecule has 6 heteroatoms. The van der Waals surface area contributed by atoms with Crippen LogP contribution < -0.4 is 16.0 Å². The Hall–Kier alpha value is -2.73. The first-order valence-electron chi connectivity index (χ1n) is 6.52. The van der Waals surface area contributed by atoms with Gasteiger partial charge in [0.15, 0.2) is 5.75 Å². The fourth-order valence-corrected chi connectivity index (χ4v) is 2.08. The van der Waals surface area contributed by atoms with Gasteiger partial charge in [0.1, 0.15) is 17.2 Å². The molecular weight excluding hydrogens is 266 g/mol. The van der Waals surface area contributed by atoms with Gasteiger partial charge >= 0.3 is 0 Å². The van der Waals surface area contributed by atoms with E-state index in [0.29, 0.717) is 23.3 Å². The predicted octanol–water partition coefficient (Wildman–Crippen LogP) is 2.72. The monoisotopic (exact) mass is 281 g/mol. The number of aromatic nitrogens is 3. The molecule has 2 aromatic heterocycles. The Morgan fingerprint density at radius 3 is 2.71 bits per heavy atom. The topological polar surface area (TPSA) is 86.0 Å². The Kier molecular flexibility index (Phi) is 3.37. The summed E-state index contributed by atoms with van der Waals surface area (Å²) < 4.78 is 5.86. The number of pyridine rings is 1. The number of anilines is 1. The van der Waals surface area contributed by atoms with Crippen molar-refractivity contribution in [3.05, 3.63) is 47.9 Å². The van der Waals surface area contributed by atoms with Gasteiger partial charge in [-0.2, -0.15) is 4.98 Å². The first-order chi connectivity index (χ1) is 10.2. The van der Waals surface area contributed by atoms with Gasteiger partial charge in [0.25, 0.3) is 0 Å². The lowest BCUT2D eigenvalue weighted by Gasteiger charge is -2.09. The minimum atomic E-state index is 0.422. The van der Waals surface area contributed by atoms with E-state index in [9.17, 15) is 0 Å². The number of aryl methyl sites for hydroxylation is 2. The maximum Gasteiger partial charge on any atom is 0.224 e. The largest absolute Gasteiger partial charge is 0.437 e. The SMILES string of the molecule is Cc1ccc2cccc(Oc3cc(NN)nc(C)n3)c2n1. The highest BCUT2D eigenvalue weighted by Gasteiger charge is 2.08. The Balaban J connectivity index is 2.05. The fraction of sp³-hybridized carbons (Fsp3) is 0.133. The van der Waals surface area contributed by atoms with Crippen LogP contribution in [0.2, 0.25) is 0 Å². The van der Waals surface area contributed by atoms with Gasteiger partial charge in [-0.1, -0.05) is 18.2 Å². The second-order valence-corrected chi connectivity index (χ2v) is 4.67. The van der Waals surface area contributed by atoms with Crippen molar-refractivity contribution in [2.24, 2.45) is 5.84 Å². The van der Waals surface area contributed by atoms with Gasteiger partial charge in [0, 0.05) is 17.1 Å². The van der Waals surface area contributed by atoms with E-state index in [4.69, 9.17) is 10.6 Å². The Labute approximate surface area is 122 Å². The van der Waals surface area contributed by atoms with Crippen LogP contribution >= 0.6 is 0 Å². The maximum absolute atomic E-state index is 5.86. The zero-order valence-electron chi connectivity index (χ0n) is 11.8. The van der Waals surface area contributed by atoms with Gasteiger partial charge in [-0.25, -0.2) is 15.8 Å². The molecule has 0 aliphatic rings. The van der Waals surface area contributed by atoms with Crippen LogP contribution in [0.5, 0.6) is 11.6 Å². The first kappa shape index (κ1) is 13.3. The normalized spacial score (nSPS) is 10.6. The van der Waals surface area contributed by atoms with Gasteiger partial charge in [-0.3, -0.25) is 0 Å². The average molecular weight is 281 g/mol. The molecule has 6 nitrogen and oxygen atoms in total. The van der Waals surface area contributed by atoms with Crippen molar-refractivity contribution in [1.82, 2.24) is 15.0 Å². The van der Waals surface area contributed by atoms with E-state index in [-0.39, 0.29) is 0 Å². The van der Waals surface area contributed by atoms with Crippen LogP contribution in [0.15, 0.2) is 36.4 Å². The lowest BCUT2D eigenvalue weighted by molar-refractivity contribution is 0.464. The molecule has 0 bridgehead atoms. The summed E-state index contributed by atoms with van der Waals surface area (Å²) in [5, 5.41) is 1.01. The standard InChI is InChI=1S/C15H15N5O/c1-9-6-7-11-4-3-5-12(15(11)17-9)21-14-8-13(20-16)18-10(2)19-14/h3-8H,16H2,1-2H3,(H,18,19,20). The van der Waals surface area contributed by atoms with Crippen LogP contribution in [0.4, 0.5) is 5.82 Å². The van der Waals surface area contributed by atoms with E-state index in [1.807, 2.05) is 37.3 Å². The quantitative estimate of drug-likeness (QED) is 0.567. The van der Waals surface area contributed by atoms with Crippen LogP contribution in [0.25, 0.3) is 10.9 Å². The minimum Gasteiger partial charge on any atom is -0.437 e. The van der Waals surface area contributed by atoms with Gasteiger partial charge < -0.3 is 10.2 Å². The summed E-state index contributed by atoms with van der Waals surface area (Å²) in [6, 6.07) is 11.4. The number of nitrogens with one attached hydrogen (secondary N) is 1. The van der Waals surface area contributed by atoms with Crippen molar-refractivity contribution in [3.8, 4) is 11.6 Å². The molecule has 21 heavy (non-hydrogen) atoms. The summed E-state index contributed by atoms with van der Waals surface area (Å²) >= 11 is 0. The van der Waals surface area contributed by atoms with Crippen LogP contribution in [0.1, 0.15) is 11.5 Å². The summed E-state index contributed by atoms with van der Waals surface area (Å²) in [5.41, 5.74) is 4.23. The third-order valence-electron chi connectivity index (χ3n) is 3.00. The molecule has 3 aromatic rings. The second-order valence-electron chi connectivity index (χ2n) is 4.67. The highest BCUT2D eigenvalue weighted by molar-refractivity contribution is 5.84. The summed E-state index contributed by atoms with van der Waals surface area (Å²) in [6.45, 7) is 3.72. The molecule has 106 valence electrons. The first-order valence-corrected chi connectivity index (χ1v) is 6.52. The lowest BCUT2D eigenvalue weighted by Crippen LogP contribution is -2.09. The molecule has 3 rings (SSSR count). The van der Waals surface area contributed by atoms with Crippen LogP contribution in [0, 0.1) is 13.8 Å². The van der Waals surface area contributed by atoms with Crippen LogP contribution in [-0.4, -0.2) is 15.0 Å². The number of hydrogen-bond donors (Lipinski definition) is 2. The molecule has 0 radical (unpaired) electrons. The molecule has 0 fully saturated rings. The van der Waals surface area contributed by atoms with Crippen LogP contribution in [-0.2, 0) is 0 Å². The van der Waals surface area contributed by atoms with Crippen LogP contribution in [0.3, 0.4) is 0 Å². The number of nitrogen functional groups attached to an aromatic ring is 1. The summed E-state index contributed by atoms with van der Waals surface area (Å²) in [4.78, 5) is 12.9. The molecule has 0 atom stereocenters. The van der Waals surface area contributed by atoms with Gasteiger partial charge in [0.2, 0.25) is 5.88 Å². The molecule has 0 spiro atoms. The van der Waals surface area contributed by atoms with Gasteiger partial charge in [0.05, 0.1) is 0 Å². The molecule has 1 aromatic carbocycles. The summed E-state index contributed by atoms with van der Waals surface area (Å²) in [7, 11) is 0. The number of hydrazine groups is 1. The molecule has 0 amide bonds. The van der Waals surface area contributed by atoms with Gasteiger partial charge in [-0.05, 0) is 26.0 Å². The Bertz CT molecular complexity index is 803. The smallest absolute Gasteiger partial charge is 0.224 e. The molecule has 0 aliphatic carbocycles. The predicted molar refractivity (Wildman–Crippen MR) is 81.1 cm³/mol. The molecule has 0 saturated heterocycles. The minimum absolute atomic E-state index is 0.422. The molecule has 0 unspecified atom stereocenters. The zero-order chi connectivity index (χ0) is 14.8. The third-order valence-corrected chi connectivity index (χ3v) is 3.00. The van der Waals surface area contributed by atoms with Crippen molar-refractivity contribution in [1.29, 1.82) is 0 Å². The maximum atomic E-state index is 5.86. The number of nitrogens with two attached hydrogens (primary N) is 1. The second kappa shape index (κ2) is 5.34. The zero-order valence-corrected chi connectivity index (χ0v) is 11.8. The highest BCUT2D eigenvalue weighted by Crippen LogP contribution is 2.28. The number of fused-ring (bicyclic) bond motifs is 1. The summed E-state index contributed by atoms with van der Waals surface area (Å²) in [6.07, 6.45) is 0. The van der Waals surface area contributed by atoms with Crippen molar-refractivity contribution < 1.29 is 4.74 Å². The number of rotatable bonds is 3. The molecule has 0 aliphatic heterocycles. The Morgan fingerprint density at radius 2 is 1.90 bits per heavy atom.